The van der Waals surface area contributed by atoms with Crippen LogP contribution in [-0.4, -0.2) is 54.6 Å². The highest BCUT2D eigenvalue weighted by Gasteiger charge is 2.31. The van der Waals surface area contributed by atoms with Crippen molar-refractivity contribution in [1.82, 2.24) is 9.21 Å². The second-order valence-corrected chi connectivity index (χ2v) is 8.55. The summed E-state index contributed by atoms with van der Waals surface area (Å²) in [6.07, 6.45) is 0. The van der Waals surface area contributed by atoms with Crippen LogP contribution in [0.3, 0.4) is 0 Å². The van der Waals surface area contributed by atoms with Crippen molar-refractivity contribution in [3.8, 4) is 0 Å². The van der Waals surface area contributed by atoms with Crippen molar-refractivity contribution >= 4 is 33.0 Å². The van der Waals surface area contributed by atoms with E-state index >= 15 is 0 Å². The summed E-state index contributed by atoms with van der Waals surface area (Å²) >= 11 is 1.16. The summed E-state index contributed by atoms with van der Waals surface area (Å²) < 4.78 is 26.6. The number of amides is 1. The highest BCUT2D eigenvalue weighted by molar-refractivity contribution is 7.91. The molecule has 25 heavy (non-hydrogen) atoms. The molecule has 0 unspecified atom stereocenters. The van der Waals surface area contributed by atoms with Gasteiger partial charge in [-0.3, -0.25) is 14.9 Å². The fourth-order valence-corrected chi connectivity index (χ4v) is 5.17. The molecule has 1 aromatic heterocycles. The molecule has 8 nitrogen and oxygen atoms in total. The Morgan fingerprint density at radius 2 is 1.84 bits per heavy atom. The minimum absolute atomic E-state index is 0.148. The van der Waals surface area contributed by atoms with Crippen LogP contribution in [0, 0.1) is 10.1 Å². The third kappa shape index (κ3) is 3.55. The summed E-state index contributed by atoms with van der Waals surface area (Å²) in [7, 11) is -3.53. The van der Waals surface area contributed by atoms with E-state index in [0.29, 0.717) is 0 Å². The first-order valence-electron chi connectivity index (χ1n) is 7.47. The van der Waals surface area contributed by atoms with E-state index in [1.54, 1.807) is 17.5 Å². The van der Waals surface area contributed by atoms with Gasteiger partial charge in [0.15, 0.2) is 0 Å². The number of rotatable bonds is 4. The Morgan fingerprint density at radius 3 is 2.44 bits per heavy atom. The highest BCUT2D eigenvalue weighted by atomic mass is 32.2. The van der Waals surface area contributed by atoms with E-state index in [1.807, 2.05) is 0 Å². The minimum Gasteiger partial charge on any atom is -0.336 e. The number of hydrogen-bond donors (Lipinski definition) is 0. The van der Waals surface area contributed by atoms with Gasteiger partial charge >= 0.3 is 0 Å². The standard InChI is InChI=1S/C15H15N3O5S2/c19-15(12-3-1-4-13(11-12)18(20)21)16-6-8-17(9-7-16)25(22,23)14-5-2-10-24-14/h1-5,10-11H,6-9H2. The van der Waals surface area contributed by atoms with E-state index in [4.69, 9.17) is 0 Å². The molecule has 132 valence electrons. The van der Waals surface area contributed by atoms with Crippen molar-refractivity contribution < 1.29 is 18.1 Å². The molecule has 0 atom stereocenters. The average molecular weight is 381 g/mol. The van der Waals surface area contributed by atoms with Crippen molar-refractivity contribution in [1.29, 1.82) is 0 Å². The Kier molecular flexibility index (Phi) is 4.84. The number of carbonyl (C=O) groups excluding carboxylic acids is 1. The molecule has 0 spiro atoms. The van der Waals surface area contributed by atoms with Gasteiger partial charge in [-0.25, -0.2) is 8.42 Å². The molecule has 1 amide bonds. The first-order chi connectivity index (χ1) is 11.9. The van der Waals surface area contributed by atoms with Crippen LogP contribution in [0.4, 0.5) is 5.69 Å². The molecule has 0 N–H and O–H groups in total. The monoisotopic (exact) mass is 381 g/mol. The van der Waals surface area contributed by atoms with Crippen molar-refractivity contribution in [2.75, 3.05) is 26.2 Å². The lowest BCUT2D eigenvalue weighted by atomic mass is 10.1. The topological polar surface area (TPSA) is 101 Å². The van der Waals surface area contributed by atoms with Gasteiger partial charge < -0.3 is 4.90 Å². The number of carbonyl (C=O) groups is 1. The molecule has 1 saturated heterocycles. The van der Waals surface area contributed by atoms with Crippen LogP contribution in [0.15, 0.2) is 46.0 Å². The lowest BCUT2D eigenvalue weighted by Gasteiger charge is -2.33. The van der Waals surface area contributed by atoms with E-state index in [-0.39, 0.29) is 47.5 Å². The van der Waals surface area contributed by atoms with Gasteiger partial charge in [0.25, 0.3) is 21.6 Å². The zero-order valence-corrected chi connectivity index (χ0v) is 14.7. The van der Waals surface area contributed by atoms with Crippen molar-refractivity contribution in [2.24, 2.45) is 0 Å². The number of thiophene rings is 1. The van der Waals surface area contributed by atoms with E-state index in [2.05, 4.69) is 0 Å². The van der Waals surface area contributed by atoms with Gasteiger partial charge in [0, 0.05) is 43.9 Å². The largest absolute Gasteiger partial charge is 0.336 e. The van der Waals surface area contributed by atoms with E-state index in [0.717, 1.165) is 11.3 Å². The molecule has 1 fully saturated rings. The molecular formula is C15H15N3O5S2. The minimum atomic E-state index is -3.53. The molecule has 1 aliphatic heterocycles. The van der Waals surface area contributed by atoms with Gasteiger partial charge in [0.05, 0.1) is 4.92 Å². The summed E-state index contributed by atoms with van der Waals surface area (Å²) in [5, 5.41) is 12.5. The predicted octanol–water partition coefficient (Wildman–Crippen LogP) is 1.80. The number of piperazine rings is 1. The van der Waals surface area contributed by atoms with E-state index in [9.17, 15) is 23.3 Å². The number of hydrogen-bond acceptors (Lipinski definition) is 6. The summed E-state index contributed by atoms with van der Waals surface area (Å²) in [4.78, 5) is 24.3. The molecular weight excluding hydrogens is 366 g/mol. The molecule has 0 aliphatic carbocycles. The quantitative estimate of drug-likeness (QED) is 0.594. The molecule has 10 heteroatoms. The number of benzene rings is 1. The van der Waals surface area contributed by atoms with E-state index < -0.39 is 14.9 Å². The number of nitrogens with zero attached hydrogens (tertiary/aromatic N) is 3. The Morgan fingerprint density at radius 1 is 1.12 bits per heavy atom. The fraction of sp³-hybridized carbons (Fsp3) is 0.267. The molecule has 0 radical (unpaired) electrons. The lowest BCUT2D eigenvalue weighted by Crippen LogP contribution is -2.50. The second kappa shape index (κ2) is 6.90. The Labute approximate surface area is 148 Å². The lowest BCUT2D eigenvalue weighted by molar-refractivity contribution is -0.384. The normalized spacial score (nSPS) is 15.9. The number of nitro benzene ring substituents is 1. The van der Waals surface area contributed by atoms with Crippen molar-refractivity contribution in [3.63, 3.8) is 0 Å². The fourth-order valence-electron chi connectivity index (χ4n) is 2.60. The van der Waals surface area contributed by atoms with Gasteiger partial charge in [-0.2, -0.15) is 4.31 Å². The van der Waals surface area contributed by atoms with Gasteiger partial charge in [-0.1, -0.05) is 12.1 Å². The number of sulfonamides is 1. The van der Waals surface area contributed by atoms with Crippen LogP contribution in [0.5, 0.6) is 0 Å². The Balaban J connectivity index is 1.69. The summed E-state index contributed by atoms with van der Waals surface area (Å²) in [5.74, 6) is -0.336. The Hall–Kier alpha value is -2.30. The summed E-state index contributed by atoms with van der Waals surface area (Å²) in [6, 6.07) is 8.77. The van der Waals surface area contributed by atoms with Gasteiger partial charge in [0.2, 0.25) is 0 Å². The average Bonchev–Trinajstić information content (AvgIpc) is 3.17. The van der Waals surface area contributed by atoms with Crippen LogP contribution in [0.25, 0.3) is 0 Å². The van der Waals surface area contributed by atoms with Crippen molar-refractivity contribution in [2.45, 2.75) is 4.21 Å². The molecule has 0 bridgehead atoms. The summed E-state index contributed by atoms with van der Waals surface area (Å²) in [6.45, 7) is 0.875. The molecule has 2 heterocycles. The van der Waals surface area contributed by atoms with Gasteiger partial charge in [0.1, 0.15) is 4.21 Å². The summed E-state index contributed by atoms with van der Waals surface area (Å²) in [5.41, 5.74) is 0.0773. The first-order valence-corrected chi connectivity index (χ1v) is 9.79. The third-order valence-electron chi connectivity index (χ3n) is 3.92. The Bertz CT molecular complexity index is 888. The maximum absolute atomic E-state index is 12.5. The van der Waals surface area contributed by atoms with Crippen LogP contribution < -0.4 is 0 Å². The van der Waals surface area contributed by atoms with Crippen LogP contribution >= 0.6 is 11.3 Å². The molecule has 3 rings (SSSR count). The SMILES string of the molecule is O=C(c1cccc([N+](=O)[O-])c1)N1CCN(S(=O)(=O)c2cccs2)CC1. The number of nitro groups is 1. The molecule has 1 aromatic carbocycles. The molecule has 1 aliphatic rings. The van der Waals surface area contributed by atoms with E-state index in [1.165, 1.54) is 33.5 Å². The third-order valence-corrected chi connectivity index (χ3v) is 7.19. The zero-order chi connectivity index (χ0) is 18.0. The molecule has 0 saturated carbocycles. The van der Waals surface area contributed by atoms with Crippen LogP contribution in [-0.2, 0) is 10.0 Å². The van der Waals surface area contributed by atoms with Crippen LogP contribution in [0.1, 0.15) is 10.4 Å². The van der Waals surface area contributed by atoms with Gasteiger partial charge in [-0.15, -0.1) is 11.3 Å². The predicted molar refractivity (Wildman–Crippen MR) is 92.1 cm³/mol. The smallest absolute Gasteiger partial charge is 0.270 e. The van der Waals surface area contributed by atoms with Gasteiger partial charge in [-0.05, 0) is 17.5 Å². The van der Waals surface area contributed by atoms with Crippen LogP contribution in [0.2, 0.25) is 0 Å². The highest BCUT2D eigenvalue weighted by Crippen LogP contribution is 2.23. The zero-order valence-electron chi connectivity index (χ0n) is 13.1. The van der Waals surface area contributed by atoms with Crippen molar-refractivity contribution in [3.05, 3.63) is 57.5 Å². The molecule has 2 aromatic rings. The second-order valence-electron chi connectivity index (χ2n) is 5.44. The maximum Gasteiger partial charge on any atom is 0.270 e. The number of non-ortho nitro benzene ring substituents is 1. The maximum atomic E-state index is 12.5. The first kappa shape index (κ1) is 17.5.